The molecule has 0 saturated carbocycles. The number of hydrogen-bond donors (Lipinski definition) is 2. The van der Waals surface area contributed by atoms with Gasteiger partial charge in [0, 0.05) is 11.3 Å². The smallest absolute Gasteiger partial charge is 0.168 e. The minimum absolute atomic E-state index is 0.0770. The van der Waals surface area contributed by atoms with Crippen LogP contribution < -0.4 is 5.32 Å². The minimum Gasteiger partial charge on any atom is -0.395 e. The van der Waals surface area contributed by atoms with Gasteiger partial charge in [0.2, 0.25) is 0 Å². The molecule has 7 heteroatoms. The van der Waals surface area contributed by atoms with Crippen LogP contribution in [0.4, 0.5) is 5.82 Å². The molecule has 0 aliphatic carbocycles. The van der Waals surface area contributed by atoms with Gasteiger partial charge in [0.05, 0.1) is 23.9 Å². The number of hydrogen-bond acceptors (Lipinski definition) is 6. The number of thioether (sulfide) groups is 1. The van der Waals surface area contributed by atoms with E-state index in [0.717, 1.165) is 22.5 Å². The summed E-state index contributed by atoms with van der Waals surface area (Å²) in [6.45, 7) is 2.15. The van der Waals surface area contributed by atoms with Gasteiger partial charge in [0.25, 0.3) is 0 Å². The number of anilines is 1. The lowest BCUT2D eigenvalue weighted by Gasteiger charge is -2.21. The van der Waals surface area contributed by atoms with Crippen molar-refractivity contribution >= 4 is 28.6 Å². The van der Waals surface area contributed by atoms with Crippen molar-refractivity contribution in [3.05, 3.63) is 42.9 Å². The molecule has 0 amide bonds. The standard InChI is InChI=1S/C16H19N5OS/c1-11(14(9-22)23-2)20-15-13-8-19-21(16(13)18-10-17-15)12-6-4-3-5-7-12/h3-8,10-11,14,22H,9H2,1-2H3,(H,17,18,20). The molecule has 0 spiro atoms. The monoisotopic (exact) mass is 329 g/mol. The summed E-state index contributed by atoms with van der Waals surface area (Å²) in [5, 5.41) is 18.2. The van der Waals surface area contributed by atoms with Crippen LogP contribution in [0.2, 0.25) is 0 Å². The molecule has 3 rings (SSSR count). The van der Waals surface area contributed by atoms with Crippen LogP contribution in [0.25, 0.3) is 16.7 Å². The first kappa shape index (κ1) is 15.8. The van der Waals surface area contributed by atoms with E-state index in [9.17, 15) is 5.11 Å². The molecule has 0 fully saturated rings. The highest BCUT2D eigenvalue weighted by Gasteiger charge is 2.18. The molecule has 0 saturated heterocycles. The van der Waals surface area contributed by atoms with Crippen molar-refractivity contribution in [2.45, 2.75) is 18.2 Å². The summed E-state index contributed by atoms with van der Waals surface area (Å²) >= 11 is 1.63. The van der Waals surface area contributed by atoms with Crippen molar-refractivity contribution in [2.75, 3.05) is 18.2 Å². The fourth-order valence-electron chi connectivity index (χ4n) is 2.46. The van der Waals surface area contributed by atoms with Crippen LogP contribution in [-0.4, -0.2) is 49.0 Å². The van der Waals surface area contributed by atoms with Crippen LogP contribution in [0.15, 0.2) is 42.9 Å². The Hall–Kier alpha value is -2.12. The highest BCUT2D eigenvalue weighted by molar-refractivity contribution is 7.99. The highest BCUT2D eigenvalue weighted by Crippen LogP contribution is 2.23. The lowest BCUT2D eigenvalue weighted by molar-refractivity contribution is 0.288. The molecule has 120 valence electrons. The molecular weight excluding hydrogens is 310 g/mol. The van der Waals surface area contributed by atoms with Crippen molar-refractivity contribution in [3.63, 3.8) is 0 Å². The number of nitrogens with one attached hydrogen (secondary N) is 1. The zero-order valence-corrected chi connectivity index (χ0v) is 13.9. The Labute approximate surface area is 139 Å². The quantitative estimate of drug-likeness (QED) is 0.723. The SMILES string of the molecule is CSC(CO)C(C)Nc1ncnc2c1cnn2-c1ccccc1. The molecule has 0 aliphatic heterocycles. The topological polar surface area (TPSA) is 75.9 Å². The van der Waals surface area contributed by atoms with Gasteiger partial charge in [0.1, 0.15) is 12.1 Å². The van der Waals surface area contributed by atoms with Crippen LogP contribution in [0.1, 0.15) is 6.92 Å². The number of aliphatic hydroxyl groups excluding tert-OH is 1. The van der Waals surface area contributed by atoms with E-state index in [2.05, 4.69) is 20.4 Å². The van der Waals surface area contributed by atoms with Crippen LogP contribution >= 0.6 is 11.8 Å². The molecule has 0 radical (unpaired) electrons. The number of aliphatic hydroxyl groups is 1. The van der Waals surface area contributed by atoms with E-state index in [4.69, 9.17) is 0 Å². The van der Waals surface area contributed by atoms with Crippen LogP contribution in [0.5, 0.6) is 0 Å². The zero-order valence-electron chi connectivity index (χ0n) is 13.0. The summed E-state index contributed by atoms with van der Waals surface area (Å²) in [6, 6.07) is 9.95. The Balaban J connectivity index is 1.96. The van der Waals surface area contributed by atoms with Gasteiger partial charge < -0.3 is 10.4 Å². The molecule has 0 aliphatic rings. The summed E-state index contributed by atoms with van der Waals surface area (Å²) in [7, 11) is 0. The predicted octanol–water partition coefficient (Wildman–Crippen LogP) is 2.34. The van der Waals surface area contributed by atoms with Crippen molar-refractivity contribution in [1.29, 1.82) is 0 Å². The van der Waals surface area contributed by atoms with E-state index in [-0.39, 0.29) is 17.9 Å². The van der Waals surface area contributed by atoms with Gasteiger partial charge in [0.15, 0.2) is 5.65 Å². The number of rotatable bonds is 6. The molecule has 6 nitrogen and oxygen atoms in total. The maximum Gasteiger partial charge on any atom is 0.168 e. The molecule has 2 unspecified atom stereocenters. The second-order valence-electron chi connectivity index (χ2n) is 5.24. The normalized spacial score (nSPS) is 13.9. The Morgan fingerprint density at radius 2 is 2.04 bits per heavy atom. The van der Waals surface area contributed by atoms with Crippen LogP contribution in [0.3, 0.4) is 0 Å². The first-order valence-corrected chi connectivity index (χ1v) is 8.67. The number of para-hydroxylation sites is 1. The van der Waals surface area contributed by atoms with E-state index in [1.807, 2.05) is 43.5 Å². The van der Waals surface area contributed by atoms with Gasteiger partial charge in [-0.3, -0.25) is 0 Å². The maximum absolute atomic E-state index is 9.43. The van der Waals surface area contributed by atoms with Crippen LogP contribution in [0, 0.1) is 0 Å². The average molecular weight is 329 g/mol. The fourth-order valence-corrected chi connectivity index (χ4v) is 3.09. The average Bonchev–Trinajstić information content (AvgIpc) is 3.02. The number of aromatic nitrogens is 4. The Morgan fingerprint density at radius 3 is 2.74 bits per heavy atom. The Bertz CT molecular complexity index is 772. The molecule has 2 atom stereocenters. The molecule has 2 N–H and O–H groups in total. The van der Waals surface area contributed by atoms with Gasteiger partial charge in [-0.25, -0.2) is 14.6 Å². The first-order chi connectivity index (χ1) is 11.2. The third kappa shape index (κ3) is 3.16. The highest BCUT2D eigenvalue weighted by atomic mass is 32.2. The molecule has 2 aromatic heterocycles. The number of benzene rings is 1. The van der Waals surface area contributed by atoms with Gasteiger partial charge in [-0.2, -0.15) is 16.9 Å². The second-order valence-corrected chi connectivity index (χ2v) is 6.32. The molecular formula is C16H19N5OS. The van der Waals surface area contributed by atoms with Gasteiger partial charge in [-0.1, -0.05) is 18.2 Å². The second kappa shape index (κ2) is 6.97. The molecule has 2 heterocycles. The van der Waals surface area contributed by atoms with Gasteiger partial charge >= 0.3 is 0 Å². The summed E-state index contributed by atoms with van der Waals surface area (Å²) in [5.41, 5.74) is 1.71. The number of fused-ring (bicyclic) bond motifs is 1. The van der Waals surface area contributed by atoms with Gasteiger partial charge in [-0.05, 0) is 25.3 Å². The summed E-state index contributed by atoms with van der Waals surface area (Å²) in [6.07, 6.45) is 5.29. The van der Waals surface area contributed by atoms with E-state index in [1.165, 1.54) is 6.33 Å². The first-order valence-electron chi connectivity index (χ1n) is 7.39. The lowest BCUT2D eigenvalue weighted by atomic mass is 10.2. The maximum atomic E-state index is 9.43. The molecule has 23 heavy (non-hydrogen) atoms. The minimum atomic E-state index is 0.0770. The Kier molecular flexibility index (Phi) is 4.78. The predicted molar refractivity (Wildman–Crippen MR) is 94.1 cm³/mol. The molecule has 3 aromatic rings. The zero-order chi connectivity index (χ0) is 16.2. The lowest BCUT2D eigenvalue weighted by Crippen LogP contribution is -2.31. The summed E-state index contributed by atoms with van der Waals surface area (Å²) in [5.74, 6) is 0.734. The molecule has 1 aromatic carbocycles. The van der Waals surface area contributed by atoms with Crippen molar-refractivity contribution in [3.8, 4) is 5.69 Å². The van der Waals surface area contributed by atoms with Crippen molar-refractivity contribution in [1.82, 2.24) is 19.7 Å². The summed E-state index contributed by atoms with van der Waals surface area (Å²) < 4.78 is 1.80. The third-order valence-electron chi connectivity index (χ3n) is 3.77. The molecule has 0 bridgehead atoms. The largest absolute Gasteiger partial charge is 0.395 e. The van der Waals surface area contributed by atoms with Crippen molar-refractivity contribution in [2.24, 2.45) is 0 Å². The van der Waals surface area contributed by atoms with Crippen molar-refractivity contribution < 1.29 is 5.11 Å². The van der Waals surface area contributed by atoms with E-state index in [1.54, 1.807) is 22.6 Å². The summed E-state index contributed by atoms with van der Waals surface area (Å²) in [4.78, 5) is 8.70. The van der Waals surface area contributed by atoms with Gasteiger partial charge in [-0.15, -0.1) is 0 Å². The number of nitrogens with zero attached hydrogens (tertiary/aromatic N) is 4. The van der Waals surface area contributed by atoms with E-state index >= 15 is 0 Å². The van der Waals surface area contributed by atoms with Crippen LogP contribution in [-0.2, 0) is 0 Å². The fraction of sp³-hybridized carbons (Fsp3) is 0.312. The van der Waals surface area contributed by atoms with E-state index in [0.29, 0.717) is 0 Å². The third-order valence-corrected chi connectivity index (χ3v) is 4.93. The van der Waals surface area contributed by atoms with E-state index < -0.39 is 0 Å². The Morgan fingerprint density at radius 1 is 1.26 bits per heavy atom.